The van der Waals surface area contributed by atoms with Crippen LogP contribution in [0.2, 0.25) is 0 Å². The van der Waals surface area contributed by atoms with E-state index in [1.54, 1.807) is 10.7 Å². The van der Waals surface area contributed by atoms with Crippen molar-refractivity contribution in [2.75, 3.05) is 25.0 Å². The zero-order chi connectivity index (χ0) is 26.2. The minimum atomic E-state index is -0.308. The fourth-order valence-electron chi connectivity index (χ4n) is 4.87. The van der Waals surface area contributed by atoms with Crippen LogP contribution in [0.1, 0.15) is 54.3 Å². The maximum atomic E-state index is 13.1. The Hall–Kier alpha value is -3.70. The van der Waals surface area contributed by atoms with E-state index in [0.717, 1.165) is 60.8 Å². The number of likely N-dealkylation sites (tertiary alicyclic amines) is 1. The molecule has 2 fully saturated rings. The summed E-state index contributed by atoms with van der Waals surface area (Å²) < 4.78 is 1.78. The second-order valence-corrected chi connectivity index (χ2v) is 11.2. The maximum Gasteiger partial charge on any atom is 0.323 e. The molecule has 1 saturated carbocycles. The summed E-state index contributed by atoms with van der Waals surface area (Å²) in [6, 6.07) is 6.38. The minimum absolute atomic E-state index is 0.0394. The highest BCUT2D eigenvalue weighted by molar-refractivity contribution is 7.17. The summed E-state index contributed by atoms with van der Waals surface area (Å²) in [5, 5.41) is 12.4. The van der Waals surface area contributed by atoms with Gasteiger partial charge in [-0.05, 0) is 63.4 Å². The Morgan fingerprint density at radius 2 is 2.11 bits per heavy atom. The van der Waals surface area contributed by atoms with Crippen molar-refractivity contribution in [2.45, 2.75) is 51.1 Å². The molecule has 11 heteroatoms. The summed E-state index contributed by atoms with van der Waals surface area (Å²) in [7, 11) is 0. The molecular formula is C27H32N8O2S. The van der Waals surface area contributed by atoms with E-state index in [4.69, 9.17) is 4.98 Å². The van der Waals surface area contributed by atoms with E-state index in [9.17, 15) is 9.59 Å². The number of imidazole rings is 1. The Bertz CT molecular complexity index is 1640. The Morgan fingerprint density at radius 1 is 1.29 bits per heavy atom. The predicted molar refractivity (Wildman–Crippen MR) is 150 cm³/mol. The lowest BCUT2D eigenvalue weighted by Crippen LogP contribution is -2.42. The summed E-state index contributed by atoms with van der Waals surface area (Å²) in [5.74, 6) is 0.808. The van der Waals surface area contributed by atoms with Crippen molar-refractivity contribution >= 4 is 41.4 Å². The van der Waals surface area contributed by atoms with Crippen LogP contribution in [0, 0.1) is 0 Å². The van der Waals surface area contributed by atoms with Gasteiger partial charge in [-0.1, -0.05) is 13.5 Å². The van der Waals surface area contributed by atoms with Crippen molar-refractivity contribution in [1.29, 1.82) is 0 Å². The summed E-state index contributed by atoms with van der Waals surface area (Å²) in [4.78, 5) is 39.1. The number of fused-ring (bicyclic) bond motifs is 1. The fourth-order valence-corrected chi connectivity index (χ4v) is 5.74. The van der Waals surface area contributed by atoms with Gasteiger partial charge in [-0.15, -0.1) is 11.3 Å². The van der Waals surface area contributed by atoms with E-state index in [2.05, 4.69) is 44.1 Å². The van der Waals surface area contributed by atoms with Crippen molar-refractivity contribution in [3.8, 4) is 10.6 Å². The highest BCUT2D eigenvalue weighted by Crippen LogP contribution is 2.32. The van der Waals surface area contributed by atoms with E-state index in [1.165, 1.54) is 24.2 Å². The van der Waals surface area contributed by atoms with Crippen LogP contribution >= 0.6 is 11.3 Å². The standard InChI is InChI=1S/C27H32N8O2S/c1-3-18(15-34-10-4-5-11-34)31-26(36)23-9-8-22(38-23)21-13-24(30-19-6-7-19)35-25(32-21)17(14-28-35)12-20-16(2)29-27(37)33-20/h8-9,12-14,18-19,30H,2-7,10-11,15H2,1H3,(H,31,36)(H2,29,33,37)/b20-12-. The van der Waals surface area contributed by atoms with Crippen LogP contribution in [0.25, 0.3) is 28.9 Å². The molecule has 6 rings (SSSR count). The number of anilines is 1. The summed E-state index contributed by atoms with van der Waals surface area (Å²) in [6.45, 7) is 9.14. The Labute approximate surface area is 223 Å². The van der Waals surface area contributed by atoms with Crippen LogP contribution in [0.3, 0.4) is 0 Å². The topological polar surface area (TPSA) is 123 Å². The number of aromatic nitrogens is 5. The van der Waals surface area contributed by atoms with Crippen LogP contribution in [-0.2, 0) is 0 Å². The Morgan fingerprint density at radius 3 is 2.82 bits per heavy atom. The van der Waals surface area contributed by atoms with Gasteiger partial charge in [0.15, 0.2) is 5.65 Å². The number of aromatic amines is 2. The van der Waals surface area contributed by atoms with Gasteiger partial charge < -0.3 is 25.5 Å². The number of nitrogens with zero attached hydrogens (tertiary/aromatic N) is 4. The SMILES string of the molecule is C=c1[nH]c(=O)[nH]/c1=C\c1cnn2c(NC3CC3)cc(-c3ccc(C(=O)NC(CC)CN4CCCC4)s3)nc12. The molecule has 5 heterocycles. The third-order valence-corrected chi connectivity index (χ3v) is 8.26. The van der Waals surface area contributed by atoms with Crippen LogP contribution in [0.4, 0.5) is 5.82 Å². The van der Waals surface area contributed by atoms with Gasteiger partial charge in [0.2, 0.25) is 0 Å². The van der Waals surface area contributed by atoms with Gasteiger partial charge in [0.1, 0.15) is 5.82 Å². The molecule has 1 aliphatic carbocycles. The summed E-state index contributed by atoms with van der Waals surface area (Å²) in [5.41, 5.74) is 1.87. The van der Waals surface area contributed by atoms with Crippen LogP contribution in [0.5, 0.6) is 0 Å². The van der Waals surface area contributed by atoms with Gasteiger partial charge in [0, 0.05) is 30.3 Å². The number of H-pyrrole nitrogens is 2. The van der Waals surface area contributed by atoms with Crippen molar-refractivity contribution < 1.29 is 4.79 Å². The van der Waals surface area contributed by atoms with E-state index >= 15 is 0 Å². The number of hydrogen-bond donors (Lipinski definition) is 4. The monoisotopic (exact) mass is 532 g/mol. The second kappa shape index (κ2) is 10.2. The van der Waals surface area contributed by atoms with E-state index in [-0.39, 0.29) is 17.6 Å². The molecule has 1 atom stereocenters. The van der Waals surface area contributed by atoms with Gasteiger partial charge in [-0.3, -0.25) is 4.79 Å². The number of nitrogens with one attached hydrogen (secondary N) is 4. The third kappa shape index (κ3) is 5.16. The highest BCUT2D eigenvalue weighted by atomic mass is 32.1. The number of thiophene rings is 1. The van der Waals surface area contributed by atoms with Crippen molar-refractivity contribution in [3.63, 3.8) is 0 Å². The van der Waals surface area contributed by atoms with Crippen molar-refractivity contribution in [1.82, 2.24) is 34.8 Å². The number of carbonyl (C=O) groups is 1. The zero-order valence-electron chi connectivity index (χ0n) is 21.4. The van der Waals surface area contributed by atoms with Gasteiger partial charge >= 0.3 is 5.69 Å². The lowest BCUT2D eigenvalue weighted by molar-refractivity contribution is 0.0930. The summed E-state index contributed by atoms with van der Waals surface area (Å²) in [6.07, 6.45) is 9.17. The fraction of sp³-hybridized carbons (Fsp3) is 0.407. The average molecular weight is 533 g/mol. The molecule has 0 aromatic carbocycles. The predicted octanol–water partition coefficient (Wildman–Crippen LogP) is 1.89. The summed E-state index contributed by atoms with van der Waals surface area (Å²) >= 11 is 1.44. The highest BCUT2D eigenvalue weighted by Gasteiger charge is 2.24. The first-order valence-corrected chi connectivity index (χ1v) is 14.1. The van der Waals surface area contributed by atoms with Crippen molar-refractivity contribution in [3.05, 3.63) is 56.0 Å². The first-order chi connectivity index (χ1) is 18.5. The van der Waals surface area contributed by atoms with Crippen molar-refractivity contribution in [2.24, 2.45) is 0 Å². The van der Waals surface area contributed by atoms with Gasteiger partial charge in [-0.25, -0.2) is 9.78 Å². The molecule has 1 saturated heterocycles. The smallest absolute Gasteiger partial charge is 0.323 e. The van der Waals surface area contributed by atoms with E-state index in [1.807, 2.05) is 24.3 Å². The van der Waals surface area contributed by atoms with E-state index in [0.29, 0.717) is 27.3 Å². The molecular weight excluding hydrogens is 500 g/mol. The van der Waals surface area contributed by atoms with E-state index < -0.39 is 0 Å². The number of carbonyl (C=O) groups excluding carboxylic acids is 1. The molecule has 4 N–H and O–H groups in total. The largest absolute Gasteiger partial charge is 0.367 e. The Balaban J connectivity index is 1.31. The molecule has 0 radical (unpaired) electrons. The third-order valence-electron chi connectivity index (χ3n) is 7.15. The van der Waals surface area contributed by atoms with Crippen LogP contribution in [-0.4, -0.2) is 67.1 Å². The Kier molecular flexibility index (Phi) is 6.62. The lowest BCUT2D eigenvalue weighted by atomic mass is 10.2. The molecule has 0 spiro atoms. The molecule has 4 aromatic heterocycles. The molecule has 4 aromatic rings. The molecule has 1 unspecified atom stereocenters. The second-order valence-electron chi connectivity index (χ2n) is 10.1. The molecule has 38 heavy (non-hydrogen) atoms. The number of rotatable bonds is 9. The van der Waals surface area contributed by atoms with Crippen LogP contribution < -0.4 is 27.0 Å². The van der Waals surface area contributed by atoms with Gasteiger partial charge in [0.05, 0.1) is 32.3 Å². The lowest BCUT2D eigenvalue weighted by Gasteiger charge is -2.23. The number of amides is 1. The number of hydrogen-bond acceptors (Lipinski definition) is 7. The molecule has 1 amide bonds. The van der Waals surface area contributed by atoms with Gasteiger partial charge in [0.25, 0.3) is 5.91 Å². The molecule has 1 aliphatic heterocycles. The molecule has 198 valence electrons. The average Bonchev–Trinajstić information content (AvgIpc) is 3.32. The molecule has 10 nitrogen and oxygen atoms in total. The molecule has 0 bridgehead atoms. The normalized spacial score (nSPS) is 17.3. The first kappa shape index (κ1) is 24.6. The molecule has 2 aliphatic rings. The first-order valence-electron chi connectivity index (χ1n) is 13.2. The van der Waals surface area contributed by atoms with Gasteiger partial charge in [-0.2, -0.15) is 9.61 Å². The zero-order valence-corrected chi connectivity index (χ0v) is 22.2. The minimum Gasteiger partial charge on any atom is -0.367 e. The van der Waals surface area contributed by atoms with Crippen LogP contribution in [0.15, 0.2) is 29.2 Å². The quantitative estimate of drug-likeness (QED) is 0.261. The maximum absolute atomic E-state index is 13.1.